The van der Waals surface area contributed by atoms with Gasteiger partial charge in [0.1, 0.15) is 0 Å². The Morgan fingerprint density at radius 2 is 1.72 bits per heavy atom. The van der Waals surface area contributed by atoms with Crippen molar-refractivity contribution < 1.29 is 0 Å². The molecule has 1 aromatic heterocycles. The Kier molecular flexibility index (Phi) is 4.44. The Labute approximate surface area is 111 Å². The lowest BCUT2D eigenvalue weighted by atomic mass is 9.92. The minimum absolute atomic E-state index is 0.530. The smallest absolute Gasteiger partial charge is 0.0675 e. The molecule has 0 bridgehead atoms. The van der Waals surface area contributed by atoms with Gasteiger partial charge in [-0.25, -0.2) is 0 Å². The molecule has 0 aliphatic heterocycles. The highest BCUT2D eigenvalue weighted by Crippen LogP contribution is 2.28. The molecule has 0 spiro atoms. The van der Waals surface area contributed by atoms with Crippen molar-refractivity contribution in [3.8, 4) is 0 Å². The maximum absolute atomic E-state index is 4.78. The second-order valence-corrected chi connectivity index (χ2v) is 5.69. The van der Waals surface area contributed by atoms with E-state index in [0.29, 0.717) is 12.1 Å². The van der Waals surface area contributed by atoms with E-state index >= 15 is 0 Å². The maximum atomic E-state index is 4.78. The van der Waals surface area contributed by atoms with Crippen LogP contribution in [0, 0.1) is 20.8 Å². The predicted molar refractivity (Wildman–Crippen MR) is 76.0 cm³/mol. The average Bonchev–Trinajstić information content (AvgIpc) is 2.57. The third-order valence-corrected chi connectivity index (χ3v) is 4.60. The zero-order valence-corrected chi connectivity index (χ0v) is 12.3. The molecule has 1 aliphatic carbocycles. The number of likely N-dealkylation sites (N-methyl/N-ethyl adjacent to an activating group) is 1. The van der Waals surface area contributed by atoms with Crippen molar-refractivity contribution in [2.24, 2.45) is 0 Å². The van der Waals surface area contributed by atoms with Crippen LogP contribution in [-0.4, -0.2) is 22.9 Å². The summed E-state index contributed by atoms with van der Waals surface area (Å²) in [5.41, 5.74) is 3.88. The summed E-state index contributed by atoms with van der Waals surface area (Å²) >= 11 is 0. The molecule has 102 valence electrons. The summed E-state index contributed by atoms with van der Waals surface area (Å²) in [7, 11) is 2.10. The number of nitrogens with zero attached hydrogens (tertiary/aromatic N) is 2. The van der Waals surface area contributed by atoms with Crippen LogP contribution in [0.3, 0.4) is 0 Å². The molecule has 2 atom stereocenters. The van der Waals surface area contributed by atoms with Crippen LogP contribution in [0.15, 0.2) is 0 Å². The Hall–Kier alpha value is -0.830. The van der Waals surface area contributed by atoms with Crippen LogP contribution in [0.4, 0.5) is 0 Å². The molecule has 1 fully saturated rings. The van der Waals surface area contributed by atoms with E-state index in [0.717, 1.165) is 0 Å². The number of nitrogens with one attached hydrogen (secondary N) is 1. The van der Waals surface area contributed by atoms with Gasteiger partial charge in [-0.1, -0.05) is 25.7 Å². The van der Waals surface area contributed by atoms with Crippen molar-refractivity contribution in [1.82, 2.24) is 15.1 Å². The number of hydrogen-bond acceptors (Lipinski definition) is 2. The van der Waals surface area contributed by atoms with Gasteiger partial charge >= 0.3 is 0 Å². The molecule has 0 radical (unpaired) electrons. The molecule has 1 heterocycles. The fraction of sp³-hybridized carbons (Fsp3) is 0.800. The van der Waals surface area contributed by atoms with Crippen LogP contribution >= 0.6 is 0 Å². The lowest BCUT2D eigenvalue weighted by Gasteiger charge is -2.30. The van der Waals surface area contributed by atoms with Gasteiger partial charge in [0, 0.05) is 11.7 Å². The van der Waals surface area contributed by atoms with E-state index in [1.165, 1.54) is 55.5 Å². The third kappa shape index (κ3) is 2.61. The van der Waals surface area contributed by atoms with Crippen molar-refractivity contribution in [3.05, 3.63) is 17.0 Å². The number of aromatic nitrogens is 2. The number of hydrogen-bond donors (Lipinski definition) is 1. The van der Waals surface area contributed by atoms with E-state index in [1.807, 2.05) is 0 Å². The first-order chi connectivity index (χ1) is 8.65. The molecule has 3 heteroatoms. The molecule has 1 aliphatic rings. The molecular weight excluding hydrogens is 222 g/mol. The standard InChI is InChI=1S/C15H27N3/c1-11-12(2)17-18(13(11)3)15-10-8-6-5-7-9-14(15)16-4/h14-16H,5-10H2,1-4H3. The van der Waals surface area contributed by atoms with Crippen molar-refractivity contribution in [1.29, 1.82) is 0 Å². The van der Waals surface area contributed by atoms with E-state index in [2.05, 4.69) is 37.8 Å². The first-order valence-corrected chi connectivity index (χ1v) is 7.34. The van der Waals surface area contributed by atoms with Crippen LogP contribution in [-0.2, 0) is 0 Å². The number of rotatable bonds is 2. The monoisotopic (exact) mass is 249 g/mol. The predicted octanol–water partition coefficient (Wildman–Crippen LogP) is 3.29. The molecular formula is C15H27N3. The first kappa shape index (κ1) is 13.6. The highest BCUT2D eigenvalue weighted by molar-refractivity contribution is 5.23. The maximum Gasteiger partial charge on any atom is 0.0675 e. The van der Waals surface area contributed by atoms with Gasteiger partial charge in [-0.2, -0.15) is 5.10 Å². The molecule has 2 rings (SSSR count). The molecule has 18 heavy (non-hydrogen) atoms. The summed E-state index contributed by atoms with van der Waals surface area (Å²) in [5, 5.41) is 8.30. The summed E-state index contributed by atoms with van der Waals surface area (Å²) in [4.78, 5) is 0. The van der Waals surface area contributed by atoms with Crippen molar-refractivity contribution >= 4 is 0 Å². The molecule has 1 aromatic rings. The highest BCUT2D eigenvalue weighted by Gasteiger charge is 2.25. The van der Waals surface area contributed by atoms with E-state index in [1.54, 1.807) is 0 Å². The van der Waals surface area contributed by atoms with Gasteiger partial charge in [0.05, 0.1) is 11.7 Å². The van der Waals surface area contributed by atoms with Crippen molar-refractivity contribution in [3.63, 3.8) is 0 Å². The summed E-state index contributed by atoms with van der Waals surface area (Å²) < 4.78 is 2.29. The Morgan fingerprint density at radius 3 is 2.28 bits per heavy atom. The molecule has 1 N–H and O–H groups in total. The van der Waals surface area contributed by atoms with Crippen LogP contribution in [0.25, 0.3) is 0 Å². The minimum atomic E-state index is 0.530. The third-order valence-electron chi connectivity index (χ3n) is 4.60. The van der Waals surface area contributed by atoms with Crippen molar-refractivity contribution in [2.75, 3.05) is 7.05 Å². The van der Waals surface area contributed by atoms with E-state index in [9.17, 15) is 0 Å². The SMILES string of the molecule is CNC1CCCCCCC1n1nc(C)c(C)c1C. The van der Waals surface area contributed by atoms with Crippen LogP contribution in [0.2, 0.25) is 0 Å². The van der Waals surface area contributed by atoms with Gasteiger partial charge in [-0.15, -0.1) is 0 Å². The van der Waals surface area contributed by atoms with Gasteiger partial charge in [-0.3, -0.25) is 4.68 Å². The van der Waals surface area contributed by atoms with Gasteiger partial charge in [0.15, 0.2) is 0 Å². The molecule has 0 aromatic carbocycles. The fourth-order valence-corrected chi connectivity index (χ4v) is 3.16. The van der Waals surface area contributed by atoms with Gasteiger partial charge in [0.25, 0.3) is 0 Å². The average molecular weight is 249 g/mol. The summed E-state index contributed by atoms with van der Waals surface area (Å²) in [6, 6.07) is 1.10. The minimum Gasteiger partial charge on any atom is -0.315 e. The van der Waals surface area contributed by atoms with E-state index < -0.39 is 0 Å². The normalized spacial score (nSPS) is 25.8. The number of aryl methyl sites for hydroxylation is 1. The quantitative estimate of drug-likeness (QED) is 0.871. The lowest BCUT2D eigenvalue weighted by molar-refractivity contribution is 0.273. The zero-order valence-electron chi connectivity index (χ0n) is 12.3. The zero-order chi connectivity index (χ0) is 13.1. The Morgan fingerprint density at radius 1 is 1.06 bits per heavy atom. The second-order valence-electron chi connectivity index (χ2n) is 5.69. The second kappa shape index (κ2) is 5.87. The van der Waals surface area contributed by atoms with Crippen molar-refractivity contribution in [2.45, 2.75) is 71.4 Å². The van der Waals surface area contributed by atoms with Gasteiger partial charge in [-0.05, 0) is 46.2 Å². The molecule has 1 saturated carbocycles. The molecule has 3 nitrogen and oxygen atoms in total. The largest absolute Gasteiger partial charge is 0.315 e. The lowest BCUT2D eigenvalue weighted by Crippen LogP contribution is -2.37. The van der Waals surface area contributed by atoms with Gasteiger partial charge < -0.3 is 5.32 Å². The summed E-state index contributed by atoms with van der Waals surface area (Å²) in [5.74, 6) is 0. The highest BCUT2D eigenvalue weighted by atomic mass is 15.3. The van der Waals surface area contributed by atoms with Crippen LogP contribution in [0.1, 0.15) is 61.5 Å². The van der Waals surface area contributed by atoms with Gasteiger partial charge in [0.2, 0.25) is 0 Å². The molecule has 0 saturated heterocycles. The molecule has 0 amide bonds. The first-order valence-electron chi connectivity index (χ1n) is 7.34. The van der Waals surface area contributed by atoms with Crippen LogP contribution < -0.4 is 5.32 Å². The van der Waals surface area contributed by atoms with E-state index in [4.69, 9.17) is 5.10 Å². The van der Waals surface area contributed by atoms with E-state index in [-0.39, 0.29) is 0 Å². The molecule has 2 unspecified atom stereocenters. The fourth-order valence-electron chi connectivity index (χ4n) is 3.16. The van der Waals surface area contributed by atoms with Crippen LogP contribution in [0.5, 0.6) is 0 Å². The summed E-state index contributed by atoms with van der Waals surface area (Å²) in [6.45, 7) is 6.52. The summed E-state index contributed by atoms with van der Waals surface area (Å²) in [6.07, 6.45) is 7.98. The Bertz CT molecular complexity index is 395. The topological polar surface area (TPSA) is 29.9 Å². The Balaban J connectivity index is 2.28.